The van der Waals surface area contributed by atoms with Gasteiger partial charge in [0, 0.05) is 25.9 Å². The summed E-state index contributed by atoms with van der Waals surface area (Å²) >= 11 is 0. The minimum Gasteiger partial charge on any atom is -0.392 e. The molecule has 0 bridgehead atoms. The summed E-state index contributed by atoms with van der Waals surface area (Å²) in [6.45, 7) is 1.87. The highest BCUT2D eigenvalue weighted by Crippen LogP contribution is 1.98. The Hall–Kier alpha value is -1.62. The molecule has 0 aromatic carbocycles. The number of aromatic nitrogens is 2. The van der Waals surface area contributed by atoms with Crippen LogP contribution in [0.4, 0.5) is 0 Å². The van der Waals surface area contributed by atoms with E-state index in [0.717, 1.165) is 5.69 Å². The first-order valence-corrected chi connectivity index (χ1v) is 4.71. The largest absolute Gasteiger partial charge is 0.392 e. The lowest BCUT2D eigenvalue weighted by Crippen LogP contribution is -2.28. The zero-order valence-electron chi connectivity index (χ0n) is 8.84. The van der Waals surface area contributed by atoms with E-state index in [0.29, 0.717) is 0 Å². The molecule has 2 N–H and O–H groups in total. The normalized spacial score (nSPS) is 13.0. The minimum absolute atomic E-state index is 0.225. The third-order valence-corrected chi connectivity index (χ3v) is 1.84. The Labute approximate surface area is 88.4 Å². The monoisotopic (exact) mass is 209 g/mol. The van der Waals surface area contributed by atoms with Gasteiger partial charge >= 0.3 is 0 Å². The molecule has 1 amide bonds. The number of nitrogens with one attached hydrogen (secondary N) is 1. The van der Waals surface area contributed by atoms with E-state index < -0.39 is 6.10 Å². The molecule has 0 saturated heterocycles. The summed E-state index contributed by atoms with van der Waals surface area (Å²) in [4.78, 5) is 11.2. The summed E-state index contributed by atoms with van der Waals surface area (Å²) in [5.41, 5.74) is 0.849. The van der Waals surface area contributed by atoms with Gasteiger partial charge in [0.05, 0.1) is 11.8 Å². The molecule has 82 valence electrons. The van der Waals surface area contributed by atoms with Gasteiger partial charge in [-0.25, -0.2) is 0 Å². The quantitative estimate of drug-likeness (QED) is 0.682. The van der Waals surface area contributed by atoms with Crippen molar-refractivity contribution in [3.63, 3.8) is 0 Å². The zero-order valence-corrected chi connectivity index (χ0v) is 8.84. The number of hydrogen-bond acceptors (Lipinski definition) is 3. The number of aryl methyl sites for hydroxylation is 1. The molecular formula is C10H15N3O2. The molecule has 0 aliphatic carbocycles. The zero-order chi connectivity index (χ0) is 11.3. The van der Waals surface area contributed by atoms with Crippen molar-refractivity contribution in [3.8, 4) is 0 Å². The fraction of sp³-hybridized carbons (Fsp3) is 0.400. The van der Waals surface area contributed by atoms with Crippen molar-refractivity contribution in [2.45, 2.75) is 13.0 Å². The highest BCUT2D eigenvalue weighted by atomic mass is 16.3. The van der Waals surface area contributed by atoms with Gasteiger partial charge in [-0.3, -0.25) is 9.48 Å². The second-order valence-electron chi connectivity index (χ2n) is 3.31. The Balaban J connectivity index is 2.44. The average Bonchev–Trinajstić information content (AvgIpc) is 2.58. The van der Waals surface area contributed by atoms with E-state index >= 15 is 0 Å². The molecule has 1 aromatic rings. The van der Waals surface area contributed by atoms with Crippen molar-refractivity contribution in [1.29, 1.82) is 0 Å². The van der Waals surface area contributed by atoms with Gasteiger partial charge in [0.25, 0.3) is 0 Å². The van der Waals surface area contributed by atoms with Crippen molar-refractivity contribution < 1.29 is 9.90 Å². The molecular weight excluding hydrogens is 194 g/mol. The number of hydrogen-bond donors (Lipinski definition) is 2. The second kappa shape index (κ2) is 5.31. The smallest absolute Gasteiger partial charge is 0.244 e. The van der Waals surface area contributed by atoms with Gasteiger partial charge in [-0.15, -0.1) is 0 Å². The summed E-state index contributed by atoms with van der Waals surface area (Å²) in [6.07, 6.45) is 4.22. The molecule has 0 spiro atoms. The van der Waals surface area contributed by atoms with E-state index in [-0.39, 0.29) is 12.5 Å². The number of amides is 1. The van der Waals surface area contributed by atoms with E-state index in [1.165, 1.54) is 6.08 Å². The maximum atomic E-state index is 11.2. The number of aliphatic hydroxyl groups is 1. The molecule has 0 radical (unpaired) electrons. The molecule has 1 aromatic heterocycles. The molecule has 0 aliphatic heterocycles. The SMILES string of the molecule is CC(O)CNC(=O)/C=C/c1ccnn1C. The molecule has 15 heavy (non-hydrogen) atoms. The van der Waals surface area contributed by atoms with E-state index in [1.807, 2.05) is 0 Å². The van der Waals surface area contributed by atoms with Crippen LogP contribution in [0.3, 0.4) is 0 Å². The number of rotatable bonds is 4. The Morgan fingerprint density at radius 2 is 2.53 bits per heavy atom. The molecule has 1 heterocycles. The Kier molecular flexibility index (Phi) is 4.05. The van der Waals surface area contributed by atoms with E-state index in [1.54, 1.807) is 37.0 Å². The third kappa shape index (κ3) is 3.95. The molecule has 0 saturated carbocycles. The number of aliphatic hydroxyl groups excluding tert-OH is 1. The van der Waals surface area contributed by atoms with Crippen LogP contribution in [0.1, 0.15) is 12.6 Å². The number of nitrogens with zero attached hydrogens (tertiary/aromatic N) is 2. The molecule has 5 nitrogen and oxygen atoms in total. The molecule has 1 unspecified atom stereocenters. The number of carbonyl (C=O) groups excluding carboxylic acids is 1. The topological polar surface area (TPSA) is 67.2 Å². The van der Waals surface area contributed by atoms with Crippen molar-refractivity contribution in [2.24, 2.45) is 7.05 Å². The summed E-state index contributed by atoms with van der Waals surface area (Å²) in [5, 5.41) is 15.5. The fourth-order valence-corrected chi connectivity index (χ4v) is 1.02. The van der Waals surface area contributed by atoms with Gasteiger partial charge in [-0.2, -0.15) is 5.10 Å². The summed E-state index contributed by atoms with van der Waals surface area (Å²) in [7, 11) is 1.80. The van der Waals surface area contributed by atoms with Crippen LogP contribution in [-0.4, -0.2) is 33.4 Å². The van der Waals surface area contributed by atoms with E-state index in [4.69, 9.17) is 5.11 Å². The van der Waals surface area contributed by atoms with Crippen LogP contribution < -0.4 is 5.32 Å². The summed E-state index contributed by atoms with van der Waals surface area (Å²) < 4.78 is 1.67. The molecule has 1 atom stereocenters. The first-order chi connectivity index (χ1) is 7.09. The van der Waals surface area contributed by atoms with Crippen molar-refractivity contribution in [1.82, 2.24) is 15.1 Å². The van der Waals surface area contributed by atoms with E-state index in [2.05, 4.69) is 10.4 Å². The summed E-state index contributed by atoms with van der Waals surface area (Å²) in [5.74, 6) is -0.225. The van der Waals surface area contributed by atoms with Gasteiger partial charge < -0.3 is 10.4 Å². The predicted octanol–water partition coefficient (Wildman–Crippen LogP) is -0.0697. The standard InChI is InChI=1S/C10H15N3O2/c1-8(14)7-11-10(15)4-3-9-5-6-12-13(9)2/h3-6,8,14H,7H2,1-2H3,(H,11,15)/b4-3+. The van der Waals surface area contributed by atoms with Gasteiger partial charge in [-0.05, 0) is 19.1 Å². The van der Waals surface area contributed by atoms with Crippen LogP contribution in [0.15, 0.2) is 18.3 Å². The van der Waals surface area contributed by atoms with Crippen LogP contribution in [0, 0.1) is 0 Å². The summed E-state index contributed by atoms with van der Waals surface area (Å²) in [6, 6.07) is 1.80. The van der Waals surface area contributed by atoms with Crippen LogP contribution >= 0.6 is 0 Å². The molecule has 0 fully saturated rings. The second-order valence-corrected chi connectivity index (χ2v) is 3.31. The van der Waals surface area contributed by atoms with Crippen LogP contribution in [0.2, 0.25) is 0 Å². The van der Waals surface area contributed by atoms with Gasteiger partial charge in [0.15, 0.2) is 0 Å². The lowest BCUT2D eigenvalue weighted by molar-refractivity contribution is -0.116. The lowest BCUT2D eigenvalue weighted by Gasteiger charge is -2.03. The maximum absolute atomic E-state index is 11.2. The average molecular weight is 209 g/mol. The predicted molar refractivity (Wildman–Crippen MR) is 56.9 cm³/mol. The Bertz CT molecular complexity index is 355. The first-order valence-electron chi connectivity index (χ1n) is 4.71. The van der Waals surface area contributed by atoms with Gasteiger partial charge in [0.2, 0.25) is 5.91 Å². The fourth-order valence-electron chi connectivity index (χ4n) is 1.02. The lowest BCUT2D eigenvalue weighted by atomic mass is 10.3. The third-order valence-electron chi connectivity index (χ3n) is 1.84. The van der Waals surface area contributed by atoms with Crippen molar-refractivity contribution in [3.05, 3.63) is 24.0 Å². The minimum atomic E-state index is -0.529. The molecule has 0 aliphatic rings. The van der Waals surface area contributed by atoms with Gasteiger partial charge in [-0.1, -0.05) is 0 Å². The van der Waals surface area contributed by atoms with Crippen LogP contribution in [0.25, 0.3) is 6.08 Å². The van der Waals surface area contributed by atoms with Crippen LogP contribution in [-0.2, 0) is 11.8 Å². The highest BCUT2D eigenvalue weighted by molar-refractivity contribution is 5.91. The molecule has 1 rings (SSSR count). The Morgan fingerprint density at radius 3 is 3.07 bits per heavy atom. The van der Waals surface area contributed by atoms with E-state index in [9.17, 15) is 4.79 Å². The highest BCUT2D eigenvalue weighted by Gasteiger charge is 1.99. The Morgan fingerprint density at radius 1 is 1.80 bits per heavy atom. The van der Waals surface area contributed by atoms with Crippen molar-refractivity contribution in [2.75, 3.05) is 6.54 Å². The molecule has 5 heteroatoms. The van der Waals surface area contributed by atoms with Crippen molar-refractivity contribution >= 4 is 12.0 Å². The number of carbonyl (C=O) groups is 1. The first kappa shape index (κ1) is 11.5. The maximum Gasteiger partial charge on any atom is 0.244 e. The van der Waals surface area contributed by atoms with Gasteiger partial charge in [0.1, 0.15) is 0 Å². The van der Waals surface area contributed by atoms with Crippen LogP contribution in [0.5, 0.6) is 0 Å².